The maximum atomic E-state index is 12.0. The lowest BCUT2D eigenvalue weighted by molar-refractivity contribution is 0.0832. The Bertz CT molecular complexity index is 464. The van der Waals surface area contributed by atoms with Gasteiger partial charge in [0.2, 0.25) is 0 Å². The zero-order valence-corrected chi connectivity index (χ0v) is 10.0. The number of aliphatic hydroxyl groups excluding tert-OH is 1. The SMILES string of the molecule is O=S(=O)(NC1CCOCC1)c1[nH]ncc1CO. The van der Waals surface area contributed by atoms with Crippen molar-refractivity contribution in [3.63, 3.8) is 0 Å². The highest BCUT2D eigenvalue weighted by molar-refractivity contribution is 7.89. The second-order valence-electron chi connectivity index (χ2n) is 3.89. The molecule has 1 aromatic heterocycles. The molecule has 1 aliphatic rings. The molecule has 0 aromatic carbocycles. The molecule has 2 rings (SSSR count). The number of H-pyrrole nitrogens is 1. The predicted molar refractivity (Wildman–Crippen MR) is 58.7 cm³/mol. The summed E-state index contributed by atoms with van der Waals surface area (Å²) >= 11 is 0. The summed E-state index contributed by atoms with van der Waals surface area (Å²) in [6.45, 7) is 0.757. The van der Waals surface area contributed by atoms with Crippen molar-refractivity contribution in [2.75, 3.05) is 13.2 Å². The molecule has 1 fully saturated rings. The Kier molecular flexibility index (Phi) is 3.77. The Labute approximate surface area is 99.2 Å². The molecule has 2 heterocycles. The number of hydrogen-bond donors (Lipinski definition) is 3. The van der Waals surface area contributed by atoms with E-state index in [9.17, 15) is 8.42 Å². The van der Waals surface area contributed by atoms with E-state index in [-0.39, 0.29) is 23.2 Å². The number of ether oxygens (including phenoxy) is 1. The molecule has 7 nitrogen and oxygen atoms in total. The summed E-state index contributed by atoms with van der Waals surface area (Å²) in [5, 5.41) is 15.0. The van der Waals surface area contributed by atoms with Crippen molar-refractivity contribution in [2.45, 2.75) is 30.5 Å². The Morgan fingerprint density at radius 1 is 1.53 bits per heavy atom. The van der Waals surface area contributed by atoms with Crippen LogP contribution < -0.4 is 4.72 Å². The van der Waals surface area contributed by atoms with Gasteiger partial charge < -0.3 is 9.84 Å². The summed E-state index contributed by atoms with van der Waals surface area (Å²) in [7, 11) is -3.64. The molecule has 0 atom stereocenters. The minimum absolute atomic E-state index is 0.0634. The minimum Gasteiger partial charge on any atom is -0.392 e. The van der Waals surface area contributed by atoms with E-state index in [0.29, 0.717) is 26.1 Å². The van der Waals surface area contributed by atoms with E-state index in [2.05, 4.69) is 14.9 Å². The van der Waals surface area contributed by atoms with Crippen LogP contribution in [0.4, 0.5) is 0 Å². The van der Waals surface area contributed by atoms with Gasteiger partial charge in [0.1, 0.15) is 0 Å². The molecule has 3 N–H and O–H groups in total. The van der Waals surface area contributed by atoms with Gasteiger partial charge >= 0.3 is 0 Å². The van der Waals surface area contributed by atoms with Crippen molar-refractivity contribution < 1.29 is 18.3 Å². The standard InChI is InChI=1S/C9H15N3O4S/c13-6-7-5-10-11-9(7)17(14,15)12-8-1-3-16-4-2-8/h5,8,12-13H,1-4,6H2,(H,10,11). The molecule has 0 spiro atoms. The molecule has 1 aromatic rings. The van der Waals surface area contributed by atoms with Gasteiger partial charge in [0.15, 0.2) is 5.03 Å². The molecular weight excluding hydrogens is 246 g/mol. The topological polar surface area (TPSA) is 104 Å². The summed E-state index contributed by atoms with van der Waals surface area (Å²) in [6, 6.07) is -0.122. The van der Waals surface area contributed by atoms with Crippen molar-refractivity contribution in [3.05, 3.63) is 11.8 Å². The van der Waals surface area contributed by atoms with Gasteiger partial charge in [0.25, 0.3) is 10.0 Å². The van der Waals surface area contributed by atoms with Crippen LogP contribution in [0.3, 0.4) is 0 Å². The Morgan fingerprint density at radius 3 is 2.88 bits per heavy atom. The first-order chi connectivity index (χ1) is 8.13. The van der Waals surface area contributed by atoms with E-state index >= 15 is 0 Å². The molecule has 0 aliphatic carbocycles. The number of nitrogens with zero attached hydrogens (tertiary/aromatic N) is 1. The largest absolute Gasteiger partial charge is 0.392 e. The van der Waals surface area contributed by atoms with Gasteiger partial charge in [-0.25, -0.2) is 13.1 Å². The van der Waals surface area contributed by atoms with Crippen molar-refractivity contribution in [2.24, 2.45) is 0 Å². The fourth-order valence-electron chi connectivity index (χ4n) is 1.74. The van der Waals surface area contributed by atoms with Gasteiger partial charge in [-0.3, -0.25) is 5.10 Å². The molecule has 0 bridgehead atoms. The van der Waals surface area contributed by atoms with Crippen molar-refractivity contribution >= 4 is 10.0 Å². The number of hydrogen-bond acceptors (Lipinski definition) is 5. The molecule has 0 radical (unpaired) electrons. The minimum atomic E-state index is -3.64. The smallest absolute Gasteiger partial charge is 0.258 e. The summed E-state index contributed by atoms with van der Waals surface area (Å²) < 4.78 is 31.8. The third kappa shape index (κ3) is 2.83. The van der Waals surface area contributed by atoms with Crippen molar-refractivity contribution in [1.29, 1.82) is 0 Å². The first-order valence-corrected chi connectivity index (χ1v) is 6.85. The van der Waals surface area contributed by atoms with Crippen LogP contribution in [0, 0.1) is 0 Å². The van der Waals surface area contributed by atoms with E-state index in [1.165, 1.54) is 6.20 Å². The molecule has 0 amide bonds. The number of aromatic nitrogens is 2. The van der Waals surface area contributed by atoms with Crippen LogP contribution in [0.1, 0.15) is 18.4 Å². The maximum absolute atomic E-state index is 12.0. The number of sulfonamides is 1. The van der Waals surface area contributed by atoms with Gasteiger partial charge in [-0.15, -0.1) is 0 Å². The van der Waals surface area contributed by atoms with Crippen LogP contribution in [-0.2, 0) is 21.4 Å². The third-order valence-electron chi connectivity index (χ3n) is 2.66. The van der Waals surface area contributed by atoms with Crippen LogP contribution in [-0.4, -0.2) is 43.0 Å². The van der Waals surface area contributed by atoms with Crippen LogP contribution in [0.5, 0.6) is 0 Å². The Balaban J connectivity index is 2.13. The van der Waals surface area contributed by atoms with Gasteiger partial charge in [-0.1, -0.05) is 0 Å². The molecule has 0 unspecified atom stereocenters. The average molecular weight is 261 g/mol. The molecule has 17 heavy (non-hydrogen) atoms. The summed E-state index contributed by atoms with van der Waals surface area (Å²) in [5.74, 6) is 0. The quantitative estimate of drug-likeness (QED) is 0.668. The summed E-state index contributed by atoms with van der Waals surface area (Å²) in [4.78, 5) is 0. The molecule has 96 valence electrons. The monoisotopic (exact) mass is 261 g/mol. The summed E-state index contributed by atoms with van der Waals surface area (Å²) in [5.41, 5.74) is 0.268. The number of rotatable bonds is 4. The Hall–Kier alpha value is -0.960. The Morgan fingerprint density at radius 2 is 2.24 bits per heavy atom. The maximum Gasteiger partial charge on any atom is 0.258 e. The van der Waals surface area contributed by atoms with Gasteiger partial charge in [0.05, 0.1) is 12.8 Å². The van der Waals surface area contributed by atoms with Crippen molar-refractivity contribution in [1.82, 2.24) is 14.9 Å². The highest BCUT2D eigenvalue weighted by Crippen LogP contribution is 2.15. The van der Waals surface area contributed by atoms with E-state index in [0.717, 1.165) is 0 Å². The average Bonchev–Trinajstić information content (AvgIpc) is 2.78. The normalized spacial score (nSPS) is 18.4. The second kappa shape index (κ2) is 5.13. The first kappa shape index (κ1) is 12.5. The fraction of sp³-hybridized carbons (Fsp3) is 0.667. The molecule has 1 aliphatic heterocycles. The molecule has 0 saturated carbocycles. The lowest BCUT2D eigenvalue weighted by atomic mass is 10.1. The number of aliphatic hydroxyl groups is 1. The molecule has 8 heteroatoms. The number of nitrogens with one attached hydrogen (secondary N) is 2. The zero-order valence-electron chi connectivity index (χ0n) is 9.22. The van der Waals surface area contributed by atoms with Crippen molar-refractivity contribution in [3.8, 4) is 0 Å². The van der Waals surface area contributed by atoms with Crippen LogP contribution in [0.25, 0.3) is 0 Å². The highest BCUT2D eigenvalue weighted by Gasteiger charge is 2.25. The van der Waals surface area contributed by atoms with E-state index in [4.69, 9.17) is 9.84 Å². The van der Waals surface area contributed by atoms with E-state index in [1.807, 2.05) is 0 Å². The van der Waals surface area contributed by atoms with E-state index < -0.39 is 10.0 Å². The summed E-state index contributed by atoms with van der Waals surface area (Å²) in [6.07, 6.45) is 2.61. The first-order valence-electron chi connectivity index (χ1n) is 5.36. The highest BCUT2D eigenvalue weighted by atomic mass is 32.2. The van der Waals surface area contributed by atoms with E-state index in [1.54, 1.807) is 0 Å². The lowest BCUT2D eigenvalue weighted by Crippen LogP contribution is -2.39. The number of aromatic amines is 1. The predicted octanol–water partition coefficient (Wildman–Crippen LogP) is -0.641. The van der Waals surface area contributed by atoms with Gasteiger partial charge in [-0.2, -0.15) is 5.10 Å². The lowest BCUT2D eigenvalue weighted by Gasteiger charge is -2.22. The van der Waals surface area contributed by atoms with Crippen LogP contribution in [0.15, 0.2) is 11.2 Å². The van der Waals surface area contributed by atoms with Gasteiger partial charge in [0, 0.05) is 24.8 Å². The molecular formula is C9H15N3O4S. The van der Waals surface area contributed by atoms with Crippen LogP contribution >= 0.6 is 0 Å². The van der Waals surface area contributed by atoms with Crippen LogP contribution in [0.2, 0.25) is 0 Å². The zero-order chi connectivity index (χ0) is 12.3. The fourth-order valence-corrected chi connectivity index (χ4v) is 3.17. The molecule has 1 saturated heterocycles. The van der Waals surface area contributed by atoms with Gasteiger partial charge in [-0.05, 0) is 12.8 Å². The third-order valence-corrected chi connectivity index (χ3v) is 4.19. The second-order valence-corrected chi connectivity index (χ2v) is 5.54.